The van der Waals surface area contributed by atoms with Crippen molar-refractivity contribution in [2.75, 3.05) is 51.2 Å². The summed E-state index contributed by atoms with van der Waals surface area (Å²) in [5, 5.41) is 3.45. The van der Waals surface area contributed by atoms with Crippen molar-refractivity contribution >= 4 is 5.69 Å². The van der Waals surface area contributed by atoms with Crippen LogP contribution in [0.4, 0.5) is 5.69 Å². The number of hydrogen-bond acceptors (Lipinski definition) is 5. The molecule has 3 saturated heterocycles. The molecule has 2 bridgehead atoms. The largest absolute Gasteiger partial charge is 0.485 e. The van der Waals surface area contributed by atoms with Crippen molar-refractivity contribution in [3.63, 3.8) is 0 Å². The molecule has 2 atom stereocenters. The van der Waals surface area contributed by atoms with Gasteiger partial charge in [-0.05, 0) is 41.3 Å². The second-order valence-corrected chi connectivity index (χ2v) is 8.07. The first-order chi connectivity index (χ1) is 13.3. The molecule has 5 heterocycles. The molecule has 0 amide bonds. The molecule has 140 valence electrons. The molecule has 2 aromatic carbocycles. The number of nitrogens with zero attached hydrogens (tertiary/aromatic N) is 2. The van der Waals surface area contributed by atoms with Crippen LogP contribution in [0.2, 0.25) is 0 Å². The molecule has 1 N–H and O–H groups in total. The highest BCUT2D eigenvalue weighted by Crippen LogP contribution is 2.40. The number of rotatable bonds is 2. The molecule has 0 saturated carbocycles. The first kappa shape index (κ1) is 15.8. The zero-order valence-corrected chi connectivity index (χ0v) is 15.5. The number of ether oxygens (including phenoxy) is 2. The van der Waals surface area contributed by atoms with Crippen LogP contribution in [0.1, 0.15) is 28.8 Å². The SMILES string of the molecule is c1cc2c(cc1C1COc3cc(C4CN5CCN4CC5)ccc3O1)NCC2. The third-order valence-corrected chi connectivity index (χ3v) is 6.51. The number of piperazine rings is 3. The van der Waals surface area contributed by atoms with Gasteiger partial charge in [-0.1, -0.05) is 18.2 Å². The highest BCUT2D eigenvalue weighted by Gasteiger charge is 2.33. The molecule has 0 aromatic heterocycles. The summed E-state index contributed by atoms with van der Waals surface area (Å²) in [5.41, 5.74) is 5.17. The lowest BCUT2D eigenvalue weighted by Crippen LogP contribution is -2.56. The molecule has 5 nitrogen and oxygen atoms in total. The Labute approximate surface area is 159 Å². The van der Waals surface area contributed by atoms with Crippen molar-refractivity contribution in [2.45, 2.75) is 18.6 Å². The second-order valence-electron chi connectivity index (χ2n) is 8.07. The van der Waals surface area contributed by atoms with Crippen molar-refractivity contribution in [3.05, 3.63) is 53.1 Å². The van der Waals surface area contributed by atoms with Gasteiger partial charge in [0.1, 0.15) is 6.61 Å². The highest BCUT2D eigenvalue weighted by molar-refractivity contribution is 5.57. The van der Waals surface area contributed by atoms with Crippen LogP contribution in [0.25, 0.3) is 0 Å². The summed E-state index contributed by atoms with van der Waals surface area (Å²) in [5.74, 6) is 1.75. The fourth-order valence-corrected chi connectivity index (χ4v) is 4.90. The molecule has 5 heteroatoms. The van der Waals surface area contributed by atoms with Crippen LogP contribution in [0.15, 0.2) is 36.4 Å². The summed E-state index contributed by atoms with van der Waals surface area (Å²) in [6, 6.07) is 13.6. The van der Waals surface area contributed by atoms with E-state index in [2.05, 4.69) is 51.5 Å². The van der Waals surface area contributed by atoms with Gasteiger partial charge in [0.05, 0.1) is 0 Å². The summed E-state index contributed by atoms with van der Waals surface area (Å²) >= 11 is 0. The minimum absolute atomic E-state index is 0.0448. The molecule has 0 radical (unpaired) electrons. The zero-order valence-electron chi connectivity index (χ0n) is 15.5. The van der Waals surface area contributed by atoms with Gasteiger partial charge in [-0.25, -0.2) is 0 Å². The zero-order chi connectivity index (χ0) is 17.8. The van der Waals surface area contributed by atoms with Crippen LogP contribution in [0, 0.1) is 0 Å². The molecule has 0 spiro atoms. The molecule has 3 fully saturated rings. The van der Waals surface area contributed by atoms with Gasteiger partial charge in [0.25, 0.3) is 0 Å². The van der Waals surface area contributed by atoms with E-state index in [1.807, 2.05) is 0 Å². The number of nitrogens with one attached hydrogen (secondary N) is 1. The molecule has 7 rings (SSSR count). The van der Waals surface area contributed by atoms with E-state index < -0.39 is 0 Å². The van der Waals surface area contributed by atoms with E-state index in [-0.39, 0.29) is 6.10 Å². The van der Waals surface area contributed by atoms with E-state index in [1.54, 1.807) is 0 Å². The van der Waals surface area contributed by atoms with Crippen molar-refractivity contribution in [1.29, 1.82) is 0 Å². The molecule has 2 aromatic rings. The van der Waals surface area contributed by atoms with Gasteiger partial charge in [-0.2, -0.15) is 0 Å². The Hall–Kier alpha value is -2.24. The normalized spacial score (nSPS) is 30.7. The Morgan fingerprint density at radius 1 is 0.926 bits per heavy atom. The number of anilines is 1. The van der Waals surface area contributed by atoms with E-state index in [9.17, 15) is 0 Å². The topological polar surface area (TPSA) is 37.0 Å². The molecule has 0 aliphatic carbocycles. The predicted octanol–water partition coefficient (Wildman–Crippen LogP) is 2.84. The van der Waals surface area contributed by atoms with E-state index >= 15 is 0 Å². The van der Waals surface area contributed by atoms with Crippen LogP contribution in [-0.2, 0) is 6.42 Å². The lowest BCUT2D eigenvalue weighted by molar-refractivity contribution is 0.0120. The minimum atomic E-state index is -0.0448. The third-order valence-electron chi connectivity index (χ3n) is 6.51. The van der Waals surface area contributed by atoms with Crippen molar-refractivity contribution in [3.8, 4) is 11.5 Å². The molecular weight excluding hydrogens is 338 g/mol. The number of benzene rings is 2. The Morgan fingerprint density at radius 2 is 1.81 bits per heavy atom. The maximum Gasteiger partial charge on any atom is 0.162 e. The van der Waals surface area contributed by atoms with E-state index in [4.69, 9.17) is 9.47 Å². The van der Waals surface area contributed by atoms with Gasteiger partial charge in [-0.3, -0.25) is 9.80 Å². The Bertz CT molecular complexity index is 876. The Kier molecular flexibility index (Phi) is 3.59. The maximum absolute atomic E-state index is 6.31. The molecule has 5 aliphatic rings. The van der Waals surface area contributed by atoms with E-state index in [0.717, 1.165) is 31.0 Å². The molecular formula is C22H25N3O2. The first-order valence-corrected chi connectivity index (χ1v) is 10.1. The van der Waals surface area contributed by atoms with Crippen LogP contribution < -0.4 is 14.8 Å². The van der Waals surface area contributed by atoms with Gasteiger partial charge >= 0.3 is 0 Å². The predicted molar refractivity (Wildman–Crippen MR) is 105 cm³/mol. The van der Waals surface area contributed by atoms with Crippen LogP contribution >= 0.6 is 0 Å². The summed E-state index contributed by atoms with van der Waals surface area (Å²) in [4.78, 5) is 5.17. The monoisotopic (exact) mass is 363 g/mol. The van der Waals surface area contributed by atoms with Crippen molar-refractivity contribution in [2.24, 2.45) is 0 Å². The molecule has 5 aliphatic heterocycles. The average Bonchev–Trinajstić information content (AvgIpc) is 3.21. The minimum Gasteiger partial charge on any atom is -0.485 e. The highest BCUT2D eigenvalue weighted by atomic mass is 16.6. The molecule has 2 unspecified atom stereocenters. The smallest absolute Gasteiger partial charge is 0.162 e. The summed E-state index contributed by atoms with van der Waals surface area (Å²) in [7, 11) is 0. The van der Waals surface area contributed by atoms with E-state index in [0.29, 0.717) is 12.6 Å². The summed E-state index contributed by atoms with van der Waals surface area (Å²) < 4.78 is 12.4. The van der Waals surface area contributed by atoms with E-state index in [1.165, 1.54) is 48.6 Å². The van der Waals surface area contributed by atoms with Gasteiger partial charge in [-0.15, -0.1) is 0 Å². The van der Waals surface area contributed by atoms with Crippen LogP contribution in [0.3, 0.4) is 0 Å². The maximum atomic E-state index is 6.31. The standard InChI is InChI=1S/C22H25N3O2/c1-2-17(11-18-15(1)5-6-23-18)22-14-26-21-12-16(3-4-20(21)27-22)19-13-24-7-9-25(19)10-8-24/h1-4,11-12,19,22-23H,5-10,13-14H2. The lowest BCUT2D eigenvalue weighted by atomic mass is 9.99. The average molecular weight is 363 g/mol. The van der Waals surface area contributed by atoms with Gasteiger partial charge in [0.2, 0.25) is 0 Å². The second kappa shape index (κ2) is 6.14. The fourth-order valence-electron chi connectivity index (χ4n) is 4.90. The first-order valence-electron chi connectivity index (χ1n) is 10.1. The van der Waals surface area contributed by atoms with Crippen molar-refractivity contribution < 1.29 is 9.47 Å². The van der Waals surface area contributed by atoms with Crippen LogP contribution in [-0.4, -0.2) is 55.7 Å². The quantitative estimate of drug-likeness (QED) is 0.888. The molecule has 27 heavy (non-hydrogen) atoms. The Morgan fingerprint density at radius 3 is 2.67 bits per heavy atom. The third kappa shape index (κ3) is 2.68. The van der Waals surface area contributed by atoms with Gasteiger partial charge < -0.3 is 14.8 Å². The summed E-state index contributed by atoms with van der Waals surface area (Å²) in [6.07, 6.45) is 1.07. The van der Waals surface area contributed by atoms with Crippen molar-refractivity contribution in [1.82, 2.24) is 9.80 Å². The lowest BCUT2D eigenvalue weighted by Gasteiger charge is -2.47. The van der Waals surface area contributed by atoms with Gasteiger partial charge in [0.15, 0.2) is 17.6 Å². The van der Waals surface area contributed by atoms with Crippen LogP contribution in [0.5, 0.6) is 11.5 Å². The van der Waals surface area contributed by atoms with Gasteiger partial charge in [0, 0.05) is 51.0 Å². The number of fused-ring (bicyclic) bond motifs is 5. The Balaban J connectivity index is 1.23. The summed E-state index contributed by atoms with van der Waals surface area (Å²) in [6.45, 7) is 7.49. The number of hydrogen-bond donors (Lipinski definition) is 1. The fraction of sp³-hybridized carbons (Fsp3) is 0.455.